The Balaban J connectivity index is 1.51. The summed E-state index contributed by atoms with van der Waals surface area (Å²) in [4.78, 5) is 31.9. The summed E-state index contributed by atoms with van der Waals surface area (Å²) in [7, 11) is 0. The number of para-hydroxylation sites is 2. The van der Waals surface area contributed by atoms with E-state index in [1.807, 2.05) is 24.3 Å². The van der Waals surface area contributed by atoms with Gasteiger partial charge < -0.3 is 4.98 Å². The number of H-pyrrole nitrogens is 1. The zero-order valence-electron chi connectivity index (χ0n) is 13.2. The van der Waals surface area contributed by atoms with E-state index in [0.29, 0.717) is 12.5 Å². The van der Waals surface area contributed by atoms with E-state index in [1.165, 1.54) is 4.68 Å². The first-order valence-electron chi connectivity index (χ1n) is 8.12. The second kappa shape index (κ2) is 5.95. The van der Waals surface area contributed by atoms with E-state index in [9.17, 15) is 9.59 Å². The lowest BCUT2D eigenvalue weighted by Crippen LogP contribution is -2.30. The molecule has 0 aliphatic carbocycles. The molecule has 0 atom stereocenters. The van der Waals surface area contributed by atoms with Crippen LogP contribution in [-0.4, -0.2) is 30.2 Å². The smallest absolute Gasteiger partial charge is 0.324 e. The average molecular weight is 326 g/mol. The summed E-state index contributed by atoms with van der Waals surface area (Å²) in [5.41, 5.74) is 1.41. The van der Waals surface area contributed by atoms with Crippen LogP contribution in [0.15, 0.2) is 29.1 Å². The third-order valence-electron chi connectivity index (χ3n) is 4.22. The molecule has 124 valence electrons. The van der Waals surface area contributed by atoms with E-state index < -0.39 is 0 Å². The zero-order valence-corrected chi connectivity index (χ0v) is 13.2. The van der Waals surface area contributed by atoms with E-state index in [-0.39, 0.29) is 18.1 Å². The van der Waals surface area contributed by atoms with Gasteiger partial charge in [0.2, 0.25) is 11.9 Å². The summed E-state index contributed by atoms with van der Waals surface area (Å²) in [6, 6.07) is 7.52. The highest BCUT2D eigenvalue weighted by molar-refractivity contribution is 5.90. The van der Waals surface area contributed by atoms with E-state index in [2.05, 4.69) is 20.4 Å². The fourth-order valence-corrected chi connectivity index (χ4v) is 3.05. The Morgan fingerprint density at radius 3 is 3.00 bits per heavy atom. The van der Waals surface area contributed by atoms with E-state index in [4.69, 9.17) is 0 Å². The van der Waals surface area contributed by atoms with Crippen molar-refractivity contribution in [3.8, 4) is 0 Å². The van der Waals surface area contributed by atoms with E-state index in [1.54, 1.807) is 4.57 Å². The van der Waals surface area contributed by atoms with Crippen LogP contribution in [0.3, 0.4) is 0 Å². The highest BCUT2D eigenvalue weighted by Gasteiger charge is 2.17. The summed E-state index contributed by atoms with van der Waals surface area (Å²) in [5, 5.41) is 7.00. The molecule has 1 aliphatic heterocycles. The van der Waals surface area contributed by atoms with Gasteiger partial charge in [0.1, 0.15) is 12.4 Å². The van der Waals surface area contributed by atoms with Gasteiger partial charge in [0.25, 0.3) is 0 Å². The first-order chi connectivity index (χ1) is 11.7. The molecule has 0 radical (unpaired) electrons. The molecule has 24 heavy (non-hydrogen) atoms. The number of carbonyl (C=O) groups is 1. The number of nitrogens with one attached hydrogen (secondary N) is 2. The molecule has 2 aromatic heterocycles. The van der Waals surface area contributed by atoms with E-state index in [0.717, 1.165) is 42.5 Å². The Hall–Kier alpha value is -2.90. The lowest BCUT2D eigenvalue weighted by atomic mass is 10.2. The fraction of sp³-hybridized carbons (Fsp3) is 0.375. The molecule has 0 unspecified atom stereocenters. The second-order valence-corrected chi connectivity index (χ2v) is 5.97. The van der Waals surface area contributed by atoms with Gasteiger partial charge in [-0.05, 0) is 25.0 Å². The lowest BCUT2D eigenvalue weighted by Gasteiger charge is -2.01. The van der Waals surface area contributed by atoms with Crippen molar-refractivity contribution in [2.45, 2.75) is 38.8 Å². The Morgan fingerprint density at radius 1 is 1.25 bits per heavy atom. The number of hydrogen-bond donors (Lipinski definition) is 2. The minimum atomic E-state index is -0.329. The van der Waals surface area contributed by atoms with Crippen molar-refractivity contribution >= 4 is 22.9 Å². The third kappa shape index (κ3) is 2.70. The lowest BCUT2D eigenvalue weighted by molar-refractivity contribution is -0.117. The molecular weight excluding hydrogens is 308 g/mol. The molecule has 3 heterocycles. The van der Waals surface area contributed by atoms with Gasteiger partial charge in [0, 0.05) is 13.0 Å². The highest BCUT2D eigenvalue weighted by atomic mass is 16.2. The van der Waals surface area contributed by atoms with Crippen molar-refractivity contribution in [1.82, 2.24) is 24.3 Å². The predicted octanol–water partition coefficient (Wildman–Crippen LogP) is 1.29. The first-order valence-corrected chi connectivity index (χ1v) is 8.12. The molecule has 3 aromatic rings. The van der Waals surface area contributed by atoms with Crippen molar-refractivity contribution in [3.63, 3.8) is 0 Å². The monoisotopic (exact) mass is 326 g/mol. The van der Waals surface area contributed by atoms with Crippen LogP contribution in [0.25, 0.3) is 11.0 Å². The summed E-state index contributed by atoms with van der Waals surface area (Å²) < 4.78 is 2.92. The molecule has 2 N–H and O–H groups in total. The largest absolute Gasteiger partial charge is 0.346 e. The third-order valence-corrected chi connectivity index (χ3v) is 4.22. The number of rotatable bonds is 3. The van der Waals surface area contributed by atoms with Crippen LogP contribution in [0, 0.1) is 0 Å². The summed E-state index contributed by atoms with van der Waals surface area (Å²) in [6.45, 7) is 0.565. The van der Waals surface area contributed by atoms with Gasteiger partial charge in [-0.1, -0.05) is 18.6 Å². The maximum Gasteiger partial charge on any atom is 0.346 e. The van der Waals surface area contributed by atoms with Crippen molar-refractivity contribution in [2.75, 3.05) is 5.32 Å². The van der Waals surface area contributed by atoms with Gasteiger partial charge in [-0.25, -0.2) is 14.5 Å². The fourth-order valence-electron chi connectivity index (χ4n) is 3.05. The van der Waals surface area contributed by atoms with Crippen LogP contribution in [0.4, 0.5) is 5.95 Å². The van der Waals surface area contributed by atoms with Crippen LogP contribution in [-0.2, 0) is 24.3 Å². The number of aromatic amines is 1. The Kier molecular flexibility index (Phi) is 3.64. The van der Waals surface area contributed by atoms with Crippen LogP contribution in [0.5, 0.6) is 0 Å². The summed E-state index contributed by atoms with van der Waals surface area (Å²) in [5.74, 6) is 0.813. The van der Waals surface area contributed by atoms with Gasteiger partial charge in [-0.15, -0.1) is 0 Å². The maximum absolute atomic E-state index is 12.4. The normalized spacial score (nSPS) is 14.3. The Morgan fingerprint density at radius 2 is 2.12 bits per heavy atom. The van der Waals surface area contributed by atoms with Crippen molar-refractivity contribution in [3.05, 3.63) is 40.6 Å². The highest BCUT2D eigenvalue weighted by Crippen LogP contribution is 2.13. The van der Waals surface area contributed by atoms with E-state index >= 15 is 0 Å². The van der Waals surface area contributed by atoms with Gasteiger partial charge in [-0.2, -0.15) is 5.10 Å². The molecule has 1 amide bonds. The number of imidazole rings is 1. The van der Waals surface area contributed by atoms with Crippen LogP contribution < -0.4 is 11.0 Å². The quantitative estimate of drug-likeness (QED) is 0.758. The van der Waals surface area contributed by atoms with Crippen molar-refractivity contribution in [1.29, 1.82) is 0 Å². The molecule has 1 aromatic carbocycles. The van der Waals surface area contributed by atoms with Crippen LogP contribution in [0.1, 0.15) is 25.1 Å². The number of carbonyl (C=O) groups excluding carboxylic acids is 1. The molecule has 1 aliphatic rings. The van der Waals surface area contributed by atoms with Crippen molar-refractivity contribution in [2.24, 2.45) is 0 Å². The topological polar surface area (TPSA) is 97.6 Å². The maximum atomic E-state index is 12.4. The molecule has 0 fully saturated rings. The number of nitrogens with zero attached hydrogens (tertiary/aromatic N) is 4. The summed E-state index contributed by atoms with van der Waals surface area (Å²) in [6.07, 6.45) is 3.90. The molecule has 4 rings (SSSR count). The Bertz CT molecular complexity index is 918. The molecule has 0 bridgehead atoms. The SMILES string of the molecule is O=C(Cn1nc2n(c1=O)CCCCC2)Nc1nc2ccccc2[nH]1. The number of benzene rings is 1. The standard InChI is InChI=1S/C16H18N6O2/c23-14(19-15-17-11-6-3-4-7-12(11)18-15)10-22-16(24)21-9-5-1-2-8-13(21)20-22/h3-4,6-7H,1-2,5,8-10H2,(H2,17,18,19,23). The average Bonchev–Trinajstić information content (AvgIpc) is 2.99. The predicted molar refractivity (Wildman–Crippen MR) is 88.8 cm³/mol. The molecule has 0 saturated heterocycles. The van der Waals surface area contributed by atoms with Gasteiger partial charge in [0.05, 0.1) is 11.0 Å². The second-order valence-electron chi connectivity index (χ2n) is 5.97. The van der Waals surface area contributed by atoms with Crippen LogP contribution >= 0.6 is 0 Å². The minimum Gasteiger partial charge on any atom is -0.324 e. The number of aryl methyl sites for hydroxylation is 1. The zero-order chi connectivity index (χ0) is 16.5. The van der Waals surface area contributed by atoms with Crippen LogP contribution in [0.2, 0.25) is 0 Å². The van der Waals surface area contributed by atoms with Crippen molar-refractivity contribution < 1.29 is 4.79 Å². The molecular formula is C16H18N6O2. The first kappa shape index (κ1) is 14.7. The Labute approximate surface area is 137 Å². The number of fused-ring (bicyclic) bond motifs is 2. The number of anilines is 1. The van der Waals surface area contributed by atoms with Gasteiger partial charge in [0.15, 0.2) is 0 Å². The number of aromatic nitrogens is 5. The molecule has 8 heteroatoms. The van der Waals surface area contributed by atoms with Gasteiger partial charge in [-0.3, -0.25) is 14.7 Å². The molecule has 0 spiro atoms. The summed E-state index contributed by atoms with van der Waals surface area (Å²) >= 11 is 0. The number of hydrogen-bond acceptors (Lipinski definition) is 4. The molecule has 0 saturated carbocycles. The molecule has 8 nitrogen and oxygen atoms in total. The minimum absolute atomic E-state index is 0.115. The number of amides is 1. The van der Waals surface area contributed by atoms with Gasteiger partial charge >= 0.3 is 5.69 Å².